The molecule has 168 valence electrons. The number of hydrogen-bond donors (Lipinski definition) is 1. The van der Waals surface area contributed by atoms with E-state index in [1.165, 1.54) is 28.0 Å². The van der Waals surface area contributed by atoms with Crippen LogP contribution in [-0.4, -0.2) is 25.2 Å². The van der Waals surface area contributed by atoms with E-state index in [9.17, 15) is 18.4 Å². The van der Waals surface area contributed by atoms with Crippen LogP contribution in [0, 0.1) is 17.0 Å². The predicted octanol–water partition coefficient (Wildman–Crippen LogP) is 2.26. The first-order valence-corrected chi connectivity index (χ1v) is 12.4. The molecule has 0 radical (unpaired) electrons. The van der Waals surface area contributed by atoms with E-state index in [1.54, 1.807) is 24.3 Å². The van der Waals surface area contributed by atoms with Crippen molar-refractivity contribution in [2.24, 2.45) is 11.8 Å². The molecule has 1 N–H and O–H groups in total. The fourth-order valence-electron chi connectivity index (χ4n) is 3.85. The minimum Gasteiger partial charge on any atom is -0.759 e. The Hall–Kier alpha value is -0.350. The third-order valence-corrected chi connectivity index (χ3v) is 8.00. The summed E-state index contributed by atoms with van der Waals surface area (Å²) in [4.78, 5) is 11.6. The molecule has 1 amide bonds. The molecule has 2 aromatic rings. The van der Waals surface area contributed by atoms with E-state index in [0.29, 0.717) is 30.7 Å². The minimum atomic E-state index is -3.89. The number of carbonyl (C=O) groups excluding carboxylic acids is 1. The van der Waals surface area contributed by atoms with E-state index < -0.39 is 15.9 Å². The smallest absolute Gasteiger partial charge is 0.759 e. The molecule has 1 fully saturated rings. The zero-order valence-electron chi connectivity index (χ0n) is 17.6. The van der Waals surface area contributed by atoms with Crippen LogP contribution < -0.4 is 35.0 Å². The molecular weight excluding hydrogens is 506 g/mol. The quantitative estimate of drug-likeness (QED) is 0.442. The molecule has 0 aliphatic heterocycles. The standard InChI is InChI=1S/C21H22Cl3N2O4S.Na/c22-17-7-3-15(4-8-17)13-26(12-14-1-5-16(6-2-14)21(27)25-28)31(29,30)20-10-18(23)9-19(24)11-20;/h3-4,7-11,14,16H,1-2,5-6,12-13H2,(H-,25,27,28);/q-1;+1. The van der Waals surface area contributed by atoms with E-state index in [4.69, 9.17) is 34.8 Å². The van der Waals surface area contributed by atoms with Gasteiger partial charge in [0.15, 0.2) is 0 Å². The Balaban J connectivity index is 0.00000363. The number of hydrogen-bond acceptors (Lipinski definition) is 4. The average Bonchev–Trinajstić information content (AvgIpc) is 2.74. The molecule has 1 aliphatic rings. The molecule has 0 unspecified atom stereocenters. The number of hydroxylamine groups is 1. The van der Waals surface area contributed by atoms with Gasteiger partial charge >= 0.3 is 29.6 Å². The molecule has 0 heterocycles. The van der Waals surface area contributed by atoms with Crippen LogP contribution in [0.25, 0.3) is 0 Å². The maximum absolute atomic E-state index is 13.5. The molecule has 0 spiro atoms. The minimum absolute atomic E-state index is 0. The Kier molecular flexibility index (Phi) is 10.8. The van der Waals surface area contributed by atoms with Crippen molar-refractivity contribution < 1.29 is 42.8 Å². The Morgan fingerprint density at radius 1 is 0.969 bits per heavy atom. The van der Waals surface area contributed by atoms with E-state index in [1.807, 2.05) is 0 Å². The number of halogens is 3. The molecule has 0 bridgehead atoms. The third kappa shape index (κ3) is 7.32. The average molecular weight is 528 g/mol. The van der Waals surface area contributed by atoms with Gasteiger partial charge in [-0.1, -0.05) is 46.9 Å². The predicted molar refractivity (Wildman–Crippen MR) is 122 cm³/mol. The van der Waals surface area contributed by atoms with Gasteiger partial charge in [-0.2, -0.15) is 4.31 Å². The van der Waals surface area contributed by atoms with E-state index in [2.05, 4.69) is 0 Å². The normalized spacial score (nSPS) is 18.8. The van der Waals surface area contributed by atoms with Crippen LogP contribution in [0.15, 0.2) is 47.4 Å². The second-order valence-electron chi connectivity index (χ2n) is 7.71. The topological polar surface area (TPSA) is 89.5 Å². The van der Waals surface area contributed by atoms with Crippen molar-refractivity contribution in [1.82, 2.24) is 9.79 Å². The summed E-state index contributed by atoms with van der Waals surface area (Å²) in [5.74, 6) is -0.757. The maximum Gasteiger partial charge on any atom is 1.00 e. The van der Waals surface area contributed by atoms with E-state index >= 15 is 0 Å². The zero-order chi connectivity index (χ0) is 22.6. The van der Waals surface area contributed by atoms with Gasteiger partial charge in [0.05, 0.1) is 4.90 Å². The third-order valence-electron chi connectivity index (χ3n) is 5.53. The van der Waals surface area contributed by atoms with Crippen LogP contribution in [0.4, 0.5) is 0 Å². The second kappa shape index (κ2) is 12.4. The number of rotatable bonds is 7. The molecule has 3 rings (SSSR count). The summed E-state index contributed by atoms with van der Waals surface area (Å²) >= 11 is 18.0. The molecule has 0 atom stereocenters. The van der Waals surface area contributed by atoms with Gasteiger partial charge < -0.3 is 10.7 Å². The van der Waals surface area contributed by atoms with Crippen molar-refractivity contribution in [1.29, 1.82) is 0 Å². The number of sulfonamides is 1. The molecular formula is C21H22Cl3N2NaO4S. The van der Waals surface area contributed by atoms with Crippen LogP contribution in [-0.2, 0) is 21.4 Å². The number of nitrogens with zero attached hydrogens (tertiary/aromatic N) is 1. The van der Waals surface area contributed by atoms with Crippen LogP contribution in [0.2, 0.25) is 15.1 Å². The first kappa shape index (κ1) is 27.9. The van der Waals surface area contributed by atoms with Gasteiger partial charge in [0.2, 0.25) is 15.9 Å². The SMILES string of the molecule is O=C(N[O-])C1CCC(CN(Cc2ccc(Cl)cc2)S(=O)(=O)c2cc(Cl)cc(Cl)c2)CC1.[Na+]. The molecule has 1 aliphatic carbocycles. The number of carbonyl (C=O) groups is 1. The van der Waals surface area contributed by atoms with Crippen LogP contribution in [0.5, 0.6) is 0 Å². The fraction of sp³-hybridized carbons (Fsp3) is 0.381. The van der Waals surface area contributed by atoms with Gasteiger partial charge in [-0.3, -0.25) is 4.79 Å². The van der Waals surface area contributed by atoms with Crippen molar-refractivity contribution in [3.63, 3.8) is 0 Å². The number of benzene rings is 2. The Morgan fingerprint density at radius 3 is 2.06 bits per heavy atom. The summed E-state index contributed by atoms with van der Waals surface area (Å²) in [6.45, 7) is 0.436. The van der Waals surface area contributed by atoms with Crippen molar-refractivity contribution in [3.05, 3.63) is 68.3 Å². The second-order valence-corrected chi connectivity index (χ2v) is 11.0. The van der Waals surface area contributed by atoms with Gasteiger partial charge in [-0.05, 0) is 67.5 Å². The Labute approximate surface area is 225 Å². The summed E-state index contributed by atoms with van der Waals surface area (Å²) < 4.78 is 28.4. The summed E-state index contributed by atoms with van der Waals surface area (Å²) in [6, 6.07) is 11.2. The maximum atomic E-state index is 13.5. The summed E-state index contributed by atoms with van der Waals surface area (Å²) in [5.41, 5.74) is 2.24. The van der Waals surface area contributed by atoms with Crippen molar-refractivity contribution >= 4 is 50.7 Å². The molecule has 0 saturated heterocycles. The first-order chi connectivity index (χ1) is 14.7. The largest absolute Gasteiger partial charge is 1.00 e. The molecule has 2 aromatic carbocycles. The molecule has 11 heteroatoms. The molecule has 6 nitrogen and oxygen atoms in total. The first-order valence-electron chi connectivity index (χ1n) is 9.81. The van der Waals surface area contributed by atoms with Gasteiger partial charge in [0.25, 0.3) is 0 Å². The van der Waals surface area contributed by atoms with Crippen LogP contribution in [0.3, 0.4) is 0 Å². The summed E-state index contributed by atoms with van der Waals surface area (Å²) in [5, 5.41) is 11.7. The van der Waals surface area contributed by atoms with E-state index in [-0.39, 0.29) is 69.4 Å². The van der Waals surface area contributed by atoms with Gasteiger partial charge in [-0.25, -0.2) is 8.42 Å². The van der Waals surface area contributed by atoms with Gasteiger partial charge in [0.1, 0.15) is 0 Å². The van der Waals surface area contributed by atoms with E-state index in [0.717, 1.165) is 5.56 Å². The van der Waals surface area contributed by atoms with Crippen molar-refractivity contribution in [3.8, 4) is 0 Å². The fourth-order valence-corrected chi connectivity index (χ4v) is 6.20. The number of nitrogens with one attached hydrogen (secondary N) is 1. The summed E-state index contributed by atoms with van der Waals surface area (Å²) in [7, 11) is -3.89. The number of amides is 1. The monoisotopic (exact) mass is 526 g/mol. The van der Waals surface area contributed by atoms with Crippen LogP contribution in [0.1, 0.15) is 31.2 Å². The summed E-state index contributed by atoms with van der Waals surface area (Å²) in [6.07, 6.45) is 2.41. The zero-order valence-corrected chi connectivity index (χ0v) is 22.6. The Morgan fingerprint density at radius 2 is 1.53 bits per heavy atom. The van der Waals surface area contributed by atoms with Gasteiger partial charge in [-0.15, -0.1) is 0 Å². The van der Waals surface area contributed by atoms with Crippen molar-refractivity contribution in [2.75, 3.05) is 6.54 Å². The van der Waals surface area contributed by atoms with Gasteiger partial charge in [0, 0.05) is 34.1 Å². The van der Waals surface area contributed by atoms with Crippen LogP contribution >= 0.6 is 34.8 Å². The van der Waals surface area contributed by atoms with Crippen molar-refractivity contribution in [2.45, 2.75) is 37.1 Å². The Bertz CT molecular complexity index is 1010. The molecule has 0 aromatic heterocycles. The molecule has 1 saturated carbocycles. The molecule has 32 heavy (non-hydrogen) atoms.